The number of benzene rings is 1. The van der Waals surface area contributed by atoms with Crippen molar-refractivity contribution < 1.29 is 32.7 Å². The molecule has 5 N–H and O–H groups in total. The van der Waals surface area contributed by atoms with Gasteiger partial charge in [0.05, 0.1) is 25.2 Å². The molecule has 4 rings (SSSR count). The molecule has 56 heavy (non-hydrogen) atoms. The Labute approximate surface area is 334 Å². The topological polar surface area (TPSA) is 177 Å². The predicted octanol–water partition coefficient (Wildman–Crippen LogP) is 5.24. The number of allylic oxidation sites excluding steroid dienone is 1. The number of urea groups is 1. The molecule has 1 aromatic carbocycles. The number of Topliss-reactive ketones (excluding diaryl/α,β-unsaturated/α-hetero) is 1. The molecule has 0 radical (unpaired) electrons. The summed E-state index contributed by atoms with van der Waals surface area (Å²) in [5.41, 5.74) is -2.74. The summed E-state index contributed by atoms with van der Waals surface area (Å²) in [4.78, 5) is 71.9. The van der Waals surface area contributed by atoms with Crippen molar-refractivity contribution in [3.63, 3.8) is 0 Å². The number of hydrogen-bond acceptors (Lipinski definition) is 6. The zero-order chi connectivity index (χ0) is 42.0. The number of likely N-dealkylation sites (tertiary alicyclic amines) is 1. The van der Waals surface area contributed by atoms with Gasteiger partial charge >= 0.3 is 16.4 Å². The summed E-state index contributed by atoms with van der Waals surface area (Å²) in [6, 6.07) is 3.58. The fraction of sp³-hybridized carbons (Fsp3) is 0.643. The van der Waals surface area contributed by atoms with Crippen molar-refractivity contribution in [3.05, 3.63) is 55.1 Å². The van der Waals surface area contributed by atoms with Gasteiger partial charge in [-0.15, -0.1) is 13.2 Å². The van der Waals surface area contributed by atoms with E-state index >= 15 is 0 Å². The number of nitrogens with zero attached hydrogens (tertiary/aromatic N) is 2. The number of fused-ring (bicyclic) bond motifs is 1. The minimum Gasteiger partial charge on any atom is -0.346 e. The van der Waals surface area contributed by atoms with Crippen LogP contribution in [0, 0.1) is 28.1 Å². The molecule has 3 aliphatic rings. The highest BCUT2D eigenvalue weighted by Crippen LogP contribution is 2.47. The van der Waals surface area contributed by atoms with Crippen LogP contribution in [0.1, 0.15) is 100.0 Å². The van der Waals surface area contributed by atoms with Crippen molar-refractivity contribution >= 4 is 39.9 Å². The number of amides is 5. The van der Waals surface area contributed by atoms with Crippen LogP contribution in [0.25, 0.3) is 0 Å². The lowest BCUT2D eigenvalue weighted by Crippen LogP contribution is -2.67. The second kappa shape index (κ2) is 16.9. The Hall–Kier alpha value is -3.88. The van der Waals surface area contributed by atoms with Crippen LogP contribution in [0.3, 0.4) is 0 Å². The molecule has 0 bridgehead atoms. The van der Waals surface area contributed by atoms with Crippen LogP contribution in [-0.4, -0.2) is 86.6 Å². The van der Waals surface area contributed by atoms with E-state index in [-0.39, 0.29) is 32.1 Å². The molecule has 5 amide bonds. The number of hydrogen-bond donors (Lipinski definition) is 5. The maximum absolute atomic E-state index is 14.9. The highest BCUT2D eigenvalue weighted by atomic mass is 32.3. The van der Waals surface area contributed by atoms with Gasteiger partial charge in [-0.25, -0.2) is 4.79 Å². The van der Waals surface area contributed by atoms with Crippen LogP contribution in [0.5, 0.6) is 0 Å². The molecule has 2 fully saturated rings. The molecule has 0 spiro atoms. The quantitative estimate of drug-likeness (QED) is 0.0916. The molecular weight excluding hydrogens is 733 g/mol. The molecule has 310 valence electrons. The van der Waals surface area contributed by atoms with Crippen LogP contribution in [0.15, 0.2) is 54.5 Å². The summed E-state index contributed by atoms with van der Waals surface area (Å²) in [6.07, 6.45) is 6.79. The summed E-state index contributed by atoms with van der Waals surface area (Å²) >= 11 is 0. The number of nitrogens with one attached hydrogen (secondary N) is 4. The first kappa shape index (κ1) is 44.8. The van der Waals surface area contributed by atoms with Crippen LogP contribution in [-0.2, 0) is 40.3 Å². The molecule has 3 unspecified atom stereocenters. The number of carbonyl (C=O) groups is 5. The summed E-state index contributed by atoms with van der Waals surface area (Å²) < 4.78 is 26.1. The van der Waals surface area contributed by atoms with Crippen LogP contribution in [0.2, 0.25) is 0 Å². The van der Waals surface area contributed by atoms with Crippen molar-refractivity contribution in [2.75, 3.05) is 19.6 Å². The van der Waals surface area contributed by atoms with Gasteiger partial charge in [0.25, 0.3) is 5.91 Å². The number of ketones is 1. The van der Waals surface area contributed by atoms with E-state index in [4.69, 9.17) is 0 Å². The predicted molar refractivity (Wildman–Crippen MR) is 218 cm³/mol. The van der Waals surface area contributed by atoms with Crippen LogP contribution in [0.4, 0.5) is 4.79 Å². The second-order valence-electron chi connectivity index (χ2n) is 18.7. The molecule has 14 heteroatoms. The molecule has 2 aliphatic heterocycles. The summed E-state index contributed by atoms with van der Waals surface area (Å²) in [5.74, 6) is -2.83. The smallest absolute Gasteiger partial charge is 0.326 e. The molecule has 1 aliphatic carbocycles. The Morgan fingerprint density at radius 2 is 1.61 bits per heavy atom. The van der Waals surface area contributed by atoms with Gasteiger partial charge in [-0.05, 0) is 52.2 Å². The van der Waals surface area contributed by atoms with Gasteiger partial charge in [0.1, 0.15) is 11.6 Å². The molecule has 1 saturated carbocycles. The van der Waals surface area contributed by atoms with E-state index in [1.807, 2.05) is 67.5 Å². The fourth-order valence-electron chi connectivity index (χ4n) is 8.18. The Bertz CT molecular complexity index is 1740. The highest BCUT2D eigenvalue weighted by molar-refractivity contribution is 7.95. The second-order valence-corrected chi connectivity index (χ2v) is 20.6. The lowest BCUT2D eigenvalue weighted by Gasteiger charge is -2.46. The monoisotopic (exact) mass is 797 g/mol. The summed E-state index contributed by atoms with van der Waals surface area (Å²) in [5, 5.41) is 11.4. The molecule has 1 saturated heterocycles. The first-order valence-corrected chi connectivity index (χ1v) is 21.2. The average Bonchev–Trinajstić information content (AvgIpc) is 3.59. The van der Waals surface area contributed by atoms with Crippen molar-refractivity contribution in [2.24, 2.45) is 28.1 Å². The van der Waals surface area contributed by atoms with E-state index in [1.54, 1.807) is 25.1 Å². The summed E-state index contributed by atoms with van der Waals surface area (Å²) in [6.45, 7) is 25.1. The minimum atomic E-state index is -3.52. The van der Waals surface area contributed by atoms with Crippen LogP contribution >= 0.6 is 0 Å². The Balaban J connectivity index is 1.62. The zero-order valence-corrected chi connectivity index (χ0v) is 35.6. The molecule has 13 nitrogen and oxygen atoms in total. The lowest BCUT2D eigenvalue weighted by molar-refractivity contribution is -0.151. The first-order chi connectivity index (χ1) is 25.9. The van der Waals surface area contributed by atoms with Crippen molar-refractivity contribution in [2.45, 2.75) is 130 Å². The maximum Gasteiger partial charge on any atom is 0.326 e. The van der Waals surface area contributed by atoms with Gasteiger partial charge in [0.15, 0.2) is 0 Å². The van der Waals surface area contributed by atoms with Crippen molar-refractivity contribution in [1.82, 2.24) is 30.5 Å². The van der Waals surface area contributed by atoms with E-state index in [2.05, 4.69) is 34.4 Å². The van der Waals surface area contributed by atoms with Crippen molar-refractivity contribution in [3.8, 4) is 0 Å². The Kier molecular flexibility index (Phi) is 13.5. The van der Waals surface area contributed by atoms with Gasteiger partial charge in [-0.2, -0.15) is 4.55 Å². The number of carbonyl (C=O) groups excluding carboxylic acids is 5. The molecular formula is C42H65N6O7S+. The first-order valence-electron chi connectivity index (χ1n) is 19.7. The maximum atomic E-state index is 14.9. The third-order valence-electron chi connectivity index (χ3n) is 12.2. The van der Waals surface area contributed by atoms with E-state index < -0.39 is 85.8 Å². The molecule has 6 atom stereocenters. The Morgan fingerprint density at radius 3 is 2.14 bits per heavy atom. The van der Waals surface area contributed by atoms with E-state index in [9.17, 15) is 32.7 Å². The van der Waals surface area contributed by atoms with Gasteiger partial charge < -0.3 is 26.2 Å². The van der Waals surface area contributed by atoms with Gasteiger partial charge in [-0.1, -0.05) is 109 Å². The van der Waals surface area contributed by atoms with E-state index in [0.29, 0.717) is 17.7 Å². The van der Waals surface area contributed by atoms with Gasteiger partial charge in [0.2, 0.25) is 22.5 Å². The SMILES string of the molecule is C=CCNC(=O)C(=O)C(CC1CCC1)NC(=O)C1(C)[C@@H](C(C)(C)C=C)CCN1C(=O)[C@@H](NC(=O)N[C@H](CN1Cc2ccccc2[S+]1(=O)O)C(C)(C)C)C(C)(C)C. The largest absolute Gasteiger partial charge is 0.346 e. The molecule has 1 aromatic rings. The zero-order valence-electron chi connectivity index (χ0n) is 34.8. The summed E-state index contributed by atoms with van der Waals surface area (Å²) in [7, 11) is -3.52. The van der Waals surface area contributed by atoms with Gasteiger partial charge in [-0.3, -0.25) is 19.2 Å². The van der Waals surface area contributed by atoms with Crippen LogP contribution < -0.4 is 21.3 Å². The van der Waals surface area contributed by atoms with Crippen molar-refractivity contribution in [1.29, 1.82) is 0 Å². The molecule has 0 aromatic heterocycles. The normalized spacial score (nSPS) is 24.5. The highest BCUT2D eigenvalue weighted by Gasteiger charge is 2.59. The fourth-order valence-corrected chi connectivity index (χ4v) is 9.85. The average molecular weight is 798 g/mol. The standard InChI is InChI=1S/C42H64N6O7S/c1-12-22-43-35(50)33(49)29(24-27-17-16-18-27)44-37(52)42(11)31(41(9,10)13-2)21-23-48(42)36(51)34(40(6,7)8)46-38(53)45-32(39(3,4)5)26-47-25-28-19-14-15-20-30(28)56(47,54)55/h12-15,19-20,27,29,31-32,34H,1-2,16-18,21-26H2,3-11H3,(H4-,43,44,45,46,50,52,53,54,55)/p+1/t29?,31-,32-,34-,42?/m1/s1. The third-order valence-corrected chi connectivity index (χ3v) is 14.1. The number of rotatable bonds is 15. The minimum absolute atomic E-state index is 0.0735. The van der Waals surface area contributed by atoms with E-state index in [1.165, 1.54) is 15.3 Å². The van der Waals surface area contributed by atoms with E-state index in [0.717, 1.165) is 24.8 Å². The lowest BCUT2D eigenvalue weighted by atomic mass is 9.68. The Morgan fingerprint density at radius 1 is 0.964 bits per heavy atom. The third kappa shape index (κ3) is 9.45. The van der Waals surface area contributed by atoms with Gasteiger partial charge in [0, 0.05) is 24.6 Å². The molecule has 2 heterocycles.